The summed E-state index contributed by atoms with van der Waals surface area (Å²) < 4.78 is 3.24. The van der Waals surface area contributed by atoms with Crippen molar-refractivity contribution in [1.82, 2.24) is 34.8 Å². The van der Waals surface area contributed by atoms with Crippen molar-refractivity contribution in [3.05, 3.63) is 59.0 Å². The molecule has 1 aliphatic carbocycles. The largest absolute Gasteiger partial charge is 0.355 e. The summed E-state index contributed by atoms with van der Waals surface area (Å²) in [7, 11) is 0. The van der Waals surface area contributed by atoms with Crippen molar-refractivity contribution in [3.8, 4) is 5.82 Å². The van der Waals surface area contributed by atoms with Gasteiger partial charge in [0.1, 0.15) is 0 Å². The van der Waals surface area contributed by atoms with E-state index in [-0.39, 0.29) is 17.4 Å². The minimum Gasteiger partial charge on any atom is -0.355 e. The van der Waals surface area contributed by atoms with Crippen LogP contribution in [0.1, 0.15) is 50.1 Å². The monoisotopic (exact) mass is 462 g/mol. The number of aromatic nitrogens is 6. The molecule has 0 bridgehead atoms. The molecule has 34 heavy (non-hydrogen) atoms. The first-order valence-corrected chi connectivity index (χ1v) is 12.1. The Morgan fingerprint density at radius 2 is 1.82 bits per heavy atom. The van der Waals surface area contributed by atoms with Crippen molar-refractivity contribution in [2.75, 3.05) is 24.5 Å². The number of rotatable bonds is 7. The number of amides is 1. The van der Waals surface area contributed by atoms with Gasteiger partial charge in [0.2, 0.25) is 5.91 Å². The van der Waals surface area contributed by atoms with Crippen LogP contribution in [0.2, 0.25) is 0 Å². The molecular formula is C24H30N8O2. The van der Waals surface area contributed by atoms with Gasteiger partial charge in [-0.1, -0.05) is 12.8 Å². The smallest absolute Gasteiger partial charge is 0.253 e. The van der Waals surface area contributed by atoms with Crippen LogP contribution < -0.4 is 15.8 Å². The second-order valence-corrected chi connectivity index (χ2v) is 9.08. The van der Waals surface area contributed by atoms with Crippen LogP contribution in [0.3, 0.4) is 0 Å². The third kappa shape index (κ3) is 5.00. The van der Waals surface area contributed by atoms with Gasteiger partial charge in [-0.15, -0.1) is 10.2 Å². The second kappa shape index (κ2) is 10.1. The molecule has 0 atom stereocenters. The fraction of sp³-hybridized carbons (Fsp3) is 0.500. The number of piperidine rings is 1. The van der Waals surface area contributed by atoms with E-state index < -0.39 is 0 Å². The fourth-order valence-corrected chi connectivity index (χ4v) is 4.88. The summed E-state index contributed by atoms with van der Waals surface area (Å²) >= 11 is 0. The van der Waals surface area contributed by atoms with Gasteiger partial charge in [-0.3, -0.25) is 14.2 Å². The first-order valence-electron chi connectivity index (χ1n) is 12.1. The zero-order valence-electron chi connectivity index (χ0n) is 19.2. The van der Waals surface area contributed by atoms with Crippen molar-refractivity contribution in [2.24, 2.45) is 5.92 Å². The van der Waals surface area contributed by atoms with Crippen molar-refractivity contribution in [3.63, 3.8) is 0 Å². The molecule has 5 rings (SSSR count). The van der Waals surface area contributed by atoms with E-state index in [4.69, 9.17) is 0 Å². The predicted molar refractivity (Wildman–Crippen MR) is 127 cm³/mol. The molecule has 2 fully saturated rings. The number of hydrogen-bond donors (Lipinski definition) is 1. The Morgan fingerprint density at radius 3 is 2.50 bits per heavy atom. The molecular weight excluding hydrogens is 432 g/mol. The third-order valence-electron chi connectivity index (χ3n) is 6.89. The van der Waals surface area contributed by atoms with Crippen LogP contribution in [0, 0.1) is 5.92 Å². The highest BCUT2D eigenvalue weighted by atomic mass is 16.2. The molecule has 10 nitrogen and oxygen atoms in total. The molecule has 0 spiro atoms. The van der Waals surface area contributed by atoms with Gasteiger partial charge >= 0.3 is 0 Å². The topological polar surface area (TPSA) is 111 Å². The summed E-state index contributed by atoms with van der Waals surface area (Å²) in [5.74, 6) is 1.91. The molecule has 0 aromatic carbocycles. The lowest BCUT2D eigenvalue weighted by atomic mass is 9.96. The predicted octanol–water partition coefficient (Wildman–Crippen LogP) is 1.91. The van der Waals surface area contributed by atoms with E-state index in [1.165, 1.54) is 12.8 Å². The summed E-state index contributed by atoms with van der Waals surface area (Å²) in [5, 5.41) is 15.7. The average Bonchev–Trinajstić information content (AvgIpc) is 3.60. The first kappa shape index (κ1) is 22.2. The molecule has 1 amide bonds. The summed E-state index contributed by atoms with van der Waals surface area (Å²) in [6, 6.07) is 7.34. The van der Waals surface area contributed by atoms with Crippen LogP contribution in [0.4, 0.5) is 5.82 Å². The highest BCUT2D eigenvalue weighted by Gasteiger charge is 2.25. The molecule has 3 aromatic heterocycles. The maximum atomic E-state index is 12.7. The summed E-state index contributed by atoms with van der Waals surface area (Å²) in [6.07, 6.45) is 11.3. The van der Waals surface area contributed by atoms with Crippen LogP contribution >= 0.6 is 0 Å². The van der Waals surface area contributed by atoms with Gasteiger partial charge < -0.3 is 10.2 Å². The van der Waals surface area contributed by atoms with Gasteiger partial charge in [-0.25, -0.2) is 9.67 Å². The maximum absolute atomic E-state index is 12.7. The highest BCUT2D eigenvalue weighted by molar-refractivity contribution is 5.78. The Balaban J connectivity index is 1.07. The van der Waals surface area contributed by atoms with Crippen LogP contribution in [-0.2, 0) is 11.3 Å². The second-order valence-electron chi connectivity index (χ2n) is 9.08. The van der Waals surface area contributed by atoms with Gasteiger partial charge in [0.05, 0.1) is 12.0 Å². The standard InChI is InChI=1S/C24H30N8O2/c33-23-16-20(18-4-1-2-5-18)26-17-31(23)15-11-25-24(34)19-8-13-30(14-9-19)21-6-7-22(29-28-21)32-12-3-10-27-32/h3,6-7,10,12,16-19H,1-2,4-5,8-9,11,13-15H2,(H,25,34). The molecule has 1 aliphatic heterocycles. The lowest BCUT2D eigenvalue weighted by molar-refractivity contribution is -0.125. The summed E-state index contributed by atoms with van der Waals surface area (Å²) in [4.78, 5) is 31.7. The van der Waals surface area contributed by atoms with Gasteiger partial charge in [-0.2, -0.15) is 5.10 Å². The normalized spacial score (nSPS) is 17.2. The quantitative estimate of drug-likeness (QED) is 0.571. The number of hydrogen-bond acceptors (Lipinski definition) is 7. The van der Waals surface area contributed by atoms with E-state index in [1.807, 2.05) is 24.4 Å². The van der Waals surface area contributed by atoms with Crippen LogP contribution in [0.25, 0.3) is 5.82 Å². The van der Waals surface area contributed by atoms with Crippen LogP contribution in [0.15, 0.2) is 47.8 Å². The van der Waals surface area contributed by atoms with E-state index in [1.54, 1.807) is 27.8 Å². The number of carbonyl (C=O) groups is 1. The Hall–Kier alpha value is -3.56. The minimum absolute atomic E-state index is 0.0350. The van der Waals surface area contributed by atoms with E-state index in [2.05, 4.69) is 30.5 Å². The maximum Gasteiger partial charge on any atom is 0.253 e. The van der Waals surface area contributed by atoms with Crippen molar-refractivity contribution >= 4 is 11.7 Å². The molecule has 0 radical (unpaired) electrons. The number of anilines is 1. The lowest BCUT2D eigenvalue weighted by Crippen LogP contribution is -2.42. The number of nitrogens with zero attached hydrogens (tertiary/aromatic N) is 7. The molecule has 4 heterocycles. The first-order chi connectivity index (χ1) is 16.7. The Bertz CT molecular complexity index is 1140. The number of nitrogens with one attached hydrogen (secondary N) is 1. The van der Waals surface area contributed by atoms with E-state index >= 15 is 0 Å². The van der Waals surface area contributed by atoms with E-state index in [0.717, 1.165) is 50.3 Å². The average molecular weight is 463 g/mol. The highest BCUT2D eigenvalue weighted by Crippen LogP contribution is 2.32. The SMILES string of the molecule is O=C(NCCn1cnc(C2CCCC2)cc1=O)C1CCN(c2ccc(-n3cccn3)nn2)CC1. The Morgan fingerprint density at radius 1 is 1.06 bits per heavy atom. The number of carbonyl (C=O) groups excluding carboxylic acids is 1. The van der Waals surface area contributed by atoms with Gasteiger partial charge in [0, 0.05) is 56.5 Å². The molecule has 3 aromatic rings. The van der Waals surface area contributed by atoms with Crippen molar-refractivity contribution in [1.29, 1.82) is 0 Å². The molecule has 1 N–H and O–H groups in total. The van der Waals surface area contributed by atoms with Crippen LogP contribution in [-0.4, -0.2) is 55.1 Å². The zero-order valence-corrected chi connectivity index (χ0v) is 19.2. The zero-order chi connectivity index (χ0) is 23.3. The van der Waals surface area contributed by atoms with Gasteiger partial charge in [-0.05, 0) is 43.9 Å². The van der Waals surface area contributed by atoms with E-state index in [9.17, 15) is 9.59 Å². The minimum atomic E-state index is -0.0425. The van der Waals surface area contributed by atoms with E-state index in [0.29, 0.717) is 24.8 Å². The molecule has 178 valence electrons. The van der Waals surface area contributed by atoms with Gasteiger partial charge in [0.15, 0.2) is 11.6 Å². The molecule has 1 saturated heterocycles. The lowest BCUT2D eigenvalue weighted by Gasteiger charge is -2.31. The molecule has 1 saturated carbocycles. The molecule has 2 aliphatic rings. The Labute approximate surface area is 198 Å². The summed E-state index contributed by atoms with van der Waals surface area (Å²) in [5.41, 5.74) is 0.870. The molecule has 10 heteroatoms. The van der Waals surface area contributed by atoms with Crippen LogP contribution in [0.5, 0.6) is 0 Å². The van der Waals surface area contributed by atoms with Crippen molar-refractivity contribution in [2.45, 2.75) is 51.0 Å². The van der Waals surface area contributed by atoms with Crippen molar-refractivity contribution < 1.29 is 4.79 Å². The van der Waals surface area contributed by atoms with Gasteiger partial charge in [0.25, 0.3) is 5.56 Å². The fourth-order valence-electron chi connectivity index (χ4n) is 4.88. The summed E-state index contributed by atoms with van der Waals surface area (Å²) in [6.45, 7) is 2.35. The Kier molecular flexibility index (Phi) is 6.64. The molecule has 0 unspecified atom stereocenters. The third-order valence-corrected chi connectivity index (χ3v) is 6.89.